The lowest BCUT2D eigenvalue weighted by atomic mass is 10.0. The summed E-state index contributed by atoms with van der Waals surface area (Å²) in [6, 6.07) is 21.2. The summed E-state index contributed by atoms with van der Waals surface area (Å²) in [5.41, 5.74) is 5.37. The van der Waals surface area contributed by atoms with Crippen molar-refractivity contribution in [2.45, 2.75) is 0 Å². The van der Waals surface area contributed by atoms with E-state index in [1.165, 1.54) is 24.4 Å². The first kappa shape index (κ1) is 16.3. The van der Waals surface area contributed by atoms with E-state index in [0.29, 0.717) is 11.1 Å². The molecule has 0 saturated carbocycles. The number of hydrogen-bond acceptors (Lipinski definition) is 4. The van der Waals surface area contributed by atoms with Crippen molar-refractivity contribution >= 4 is 12.1 Å². The Bertz CT molecular complexity index is 904. The van der Waals surface area contributed by atoms with Gasteiger partial charge in [0, 0.05) is 17.2 Å². The highest BCUT2D eigenvalue weighted by Gasteiger charge is 2.05. The Hall–Kier alpha value is -3.60. The summed E-state index contributed by atoms with van der Waals surface area (Å²) in [5.74, 6) is -0.517. The molecule has 3 rings (SSSR count). The number of hydrazone groups is 1. The Kier molecular flexibility index (Phi) is 4.76. The van der Waals surface area contributed by atoms with Crippen molar-refractivity contribution in [3.05, 3.63) is 83.9 Å². The molecule has 0 fully saturated rings. The topological polar surface area (TPSA) is 81.9 Å². The van der Waals surface area contributed by atoms with E-state index in [4.69, 9.17) is 0 Å². The lowest BCUT2D eigenvalue weighted by Gasteiger charge is -2.04. The average Bonchev–Trinajstić information content (AvgIpc) is 2.64. The summed E-state index contributed by atoms with van der Waals surface area (Å²) in [7, 11) is 0. The zero-order valence-electron chi connectivity index (χ0n) is 13.3. The van der Waals surface area contributed by atoms with Crippen molar-refractivity contribution in [2.75, 3.05) is 0 Å². The van der Waals surface area contributed by atoms with Crippen LogP contribution in [0.1, 0.15) is 15.9 Å². The minimum atomic E-state index is -0.353. The Morgan fingerprint density at radius 2 is 1.56 bits per heavy atom. The van der Waals surface area contributed by atoms with Crippen molar-refractivity contribution < 1.29 is 15.0 Å². The first-order valence-corrected chi connectivity index (χ1v) is 7.64. The summed E-state index contributed by atoms with van der Waals surface area (Å²) in [6.45, 7) is 0. The highest BCUT2D eigenvalue weighted by atomic mass is 16.3. The van der Waals surface area contributed by atoms with Crippen LogP contribution in [0.25, 0.3) is 11.1 Å². The summed E-state index contributed by atoms with van der Waals surface area (Å²) >= 11 is 0. The maximum atomic E-state index is 12.1. The maximum Gasteiger partial charge on any atom is 0.271 e. The van der Waals surface area contributed by atoms with E-state index in [-0.39, 0.29) is 17.4 Å². The molecule has 0 aliphatic heterocycles. The van der Waals surface area contributed by atoms with Gasteiger partial charge in [0.05, 0.1) is 6.21 Å². The van der Waals surface area contributed by atoms with Gasteiger partial charge in [-0.2, -0.15) is 5.10 Å². The first-order valence-electron chi connectivity index (χ1n) is 7.64. The third kappa shape index (κ3) is 4.03. The predicted octanol–water partition coefficient (Wildman–Crippen LogP) is 3.53. The molecule has 0 bridgehead atoms. The van der Waals surface area contributed by atoms with E-state index in [2.05, 4.69) is 10.5 Å². The molecule has 3 aromatic rings. The molecule has 0 saturated heterocycles. The van der Waals surface area contributed by atoms with Crippen LogP contribution < -0.4 is 5.43 Å². The number of aromatic hydroxyl groups is 2. The van der Waals surface area contributed by atoms with Crippen LogP contribution in [0.2, 0.25) is 0 Å². The Balaban J connectivity index is 1.66. The van der Waals surface area contributed by atoms with Gasteiger partial charge in [-0.3, -0.25) is 4.79 Å². The summed E-state index contributed by atoms with van der Waals surface area (Å²) in [5, 5.41) is 22.7. The molecule has 124 valence electrons. The fourth-order valence-electron chi connectivity index (χ4n) is 2.31. The van der Waals surface area contributed by atoms with Crippen LogP contribution in [-0.4, -0.2) is 22.3 Å². The molecule has 0 spiro atoms. The minimum absolute atomic E-state index is 0.0443. The summed E-state index contributed by atoms with van der Waals surface area (Å²) in [6.07, 6.45) is 1.31. The van der Waals surface area contributed by atoms with Crippen molar-refractivity contribution in [2.24, 2.45) is 5.10 Å². The number of amides is 1. The van der Waals surface area contributed by atoms with Crippen molar-refractivity contribution in [3.8, 4) is 22.6 Å². The highest BCUT2D eigenvalue weighted by Crippen LogP contribution is 2.21. The van der Waals surface area contributed by atoms with Crippen LogP contribution in [0.3, 0.4) is 0 Å². The zero-order valence-corrected chi connectivity index (χ0v) is 13.3. The van der Waals surface area contributed by atoms with Gasteiger partial charge in [0.1, 0.15) is 11.5 Å². The molecule has 25 heavy (non-hydrogen) atoms. The van der Waals surface area contributed by atoms with E-state index >= 15 is 0 Å². The van der Waals surface area contributed by atoms with Gasteiger partial charge in [-0.25, -0.2) is 5.43 Å². The molecule has 0 atom stereocenters. The molecule has 0 aliphatic carbocycles. The first-order chi connectivity index (χ1) is 12.1. The Morgan fingerprint density at radius 3 is 2.24 bits per heavy atom. The number of hydrogen-bond donors (Lipinski definition) is 3. The van der Waals surface area contributed by atoms with Crippen LogP contribution in [0.5, 0.6) is 11.5 Å². The highest BCUT2D eigenvalue weighted by molar-refractivity contribution is 5.95. The second-order valence-corrected chi connectivity index (χ2v) is 5.39. The van der Waals surface area contributed by atoms with E-state index in [1.54, 1.807) is 12.1 Å². The molecule has 3 N–H and O–H groups in total. The van der Waals surface area contributed by atoms with Crippen LogP contribution in [0, 0.1) is 0 Å². The number of rotatable bonds is 4. The lowest BCUT2D eigenvalue weighted by Crippen LogP contribution is -2.17. The zero-order chi connectivity index (χ0) is 17.6. The number of nitrogens with zero attached hydrogens (tertiary/aromatic N) is 1. The van der Waals surface area contributed by atoms with Gasteiger partial charge < -0.3 is 10.2 Å². The molecule has 3 aromatic carbocycles. The lowest BCUT2D eigenvalue weighted by molar-refractivity contribution is 0.0955. The average molecular weight is 332 g/mol. The SMILES string of the molecule is O=C(N/N=C/c1ccc(O)cc1O)c1ccc(-c2ccccc2)cc1. The quantitative estimate of drug-likeness (QED) is 0.505. The molecule has 1 amide bonds. The van der Waals surface area contributed by atoms with Gasteiger partial charge in [-0.15, -0.1) is 0 Å². The molecule has 0 heterocycles. The molecule has 5 heteroatoms. The van der Waals surface area contributed by atoms with Crippen LogP contribution >= 0.6 is 0 Å². The maximum absolute atomic E-state index is 12.1. The number of nitrogens with one attached hydrogen (secondary N) is 1. The number of benzene rings is 3. The van der Waals surface area contributed by atoms with Gasteiger partial charge in [0.15, 0.2) is 0 Å². The molecule has 0 radical (unpaired) electrons. The van der Waals surface area contributed by atoms with E-state index in [0.717, 1.165) is 11.1 Å². The fourth-order valence-corrected chi connectivity index (χ4v) is 2.31. The summed E-state index contributed by atoms with van der Waals surface area (Å²) in [4.78, 5) is 12.1. The van der Waals surface area contributed by atoms with Crippen molar-refractivity contribution in [1.82, 2.24) is 5.43 Å². The van der Waals surface area contributed by atoms with Gasteiger partial charge in [0.25, 0.3) is 5.91 Å². The number of carbonyl (C=O) groups excluding carboxylic acids is 1. The van der Waals surface area contributed by atoms with Crippen molar-refractivity contribution in [1.29, 1.82) is 0 Å². The Labute approximate surface area is 144 Å². The third-order valence-corrected chi connectivity index (χ3v) is 3.64. The molecule has 5 nitrogen and oxygen atoms in total. The largest absolute Gasteiger partial charge is 0.508 e. The van der Waals surface area contributed by atoms with E-state index in [1.807, 2.05) is 42.5 Å². The molecule has 0 aromatic heterocycles. The van der Waals surface area contributed by atoms with Gasteiger partial charge >= 0.3 is 0 Å². The molecule has 0 aliphatic rings. The monoisotopic (exact) mass is 332 g/mol. The smallest absolute Gasteiger partial charge is 0.271 e. The van der Waals surface area contributed by atoms with E-state index in [9.17, 15) is 15.0 Å². The molecule has 0 unspecified atom stereocenters. The van der Waals surface area contributed by atoms with Crippen LogP contribution in [0.15, 0.2) is 77.9 Å². The number of phenols is 2. The number of carbonyl (C=O) groups is 1. The van der Waals surface area contributed by atoms with Gasteiger partial charge in [-0.1, -0.05) is 42.5 Å². The Morgan fingerprint density at radius 1 is 0.880 bits per heavy atom. The second-order valence-electron chi connectivity index (χ2n) is 5.39. The minimum Gasteiger partial charge on any atom is -0.508 e. The van der Waals surface area contributed by atoms with Gasteiger partial charge in [-0.05, 0) is 35.4 Å². The van der Waals surface area contributed by atoms with E-state index < -0.39 is 0 Å². The number of phenolic OH excluding ortho intramolecular Hbond substituents is 2. The van der Waals surface area contributed by atoms with Crippen molar-refractivity contribution in [3.63, 3.8) is 0 Å². The normalized spacial score (nSPS) is 10.7. The predicted molar refractivity (Wildman–Crippen MR) is 96.7 cm³/mol. The van der Waals surface area contributed by atoms with Crippen LogP contribution in [0.4, 0.5) is 0 Å². The molecular formula is C20H16N2O3. The third-order valence-electron chi connectivity index (χ3n) is 3.64. The second kappa shape index (κ2) is 7.31. The van der Waals surface area contributed by atoms with Gasteiger partial charge in [0.2, 0.25) is 0 Å². The standard InChI is InChI=1S/C20H16N2O3/c23-18-11-10-17(19(24)12-18)13-21-22-20(25)16-8-6-15(7-9-16)14-4-2-1-3-5-14/h1-13,23-24H,(H,22,25)/b21-13+. The van der Waals surface area contributed by atoms with Crippen LogP contribution in [-0.2, 0) is 0 Å². The fraction of sp³-hybridized carbons (Fsp3) is 0. The molecular weight excluding hydrogens is 316 g/mol. The summed E-state index contributed by atoms with van der Waals surface area (Å²) < 4.78 is 0.